The van der Waals surface area contributed by atoms with Crippen molar-refractivity contribution >= 4 is 75.0 Å². The predicted octanol–water partition coefficient (Wildman–Crippen LogP) is 6.88. The van der Waals surface area contributed by atoms with E-state index >= 15 is 0 Å². The van der Waals surface area contributed by atoms with E-state index in [2.05, 4.69) is 37.9 Å². The first kappa shape index (κ1) is 35.9. The molecule has 5 aromatic rings. The second kappa shape index (κ2) is 15.2. The number of rotatable bonds is 9. The van der Waals surface area contributed by atoms with Gasteiger partial charge in [-0.2, -0.15) is 9.97 Å². The molecule has 3 aromatic carbocycles. The molecule has 6 rings (SSSR count). The van der Waals surface area contributed by atoms with Crippen LogP contribution in [0, 0.1) is 8.99 Å². The number of ether oxygens (including phenoxy) is 4. The third-order valence-corrected chi connectivity index (χ3v) is 9.03. The third-order valence-electron chi connectivity index (χ3n) is 7.94. The zero-order valence-electron chi connectivity index (χ0n) is 27.6. The Labute approximate surface area is 311 Å². The molecule has 1 N–H and O–H groups in total. The number of hydrogen-bond acceptors (Lipinski definition) is 10. The minimum atomic E-state index is -1.29. The molecule has 51 heavy (non-hydrogen) atoms. The van der Waals surface area contributed by atoms with E-state index in [1.807, 2.05) is 0 Å². The van der Waals surface area contributed by atoms with Gasteiger partial charge < -0.3 is 23.5 Å². The lowest BCUT2D eigenvalue weighted by Gasteiger charge is -2.25. The number of esters is 3. The summed E-state index contributed by atoms with van der Waals surface area (Å²) < 4.78 is 26.5. The van der Waals surface area contributed by atoms with Gasteiger partial charge in [0.1, 0.15) is 23.5 Å². The number of hydrogen-bond donors (Lipinski definition) is 1. The van der Waals surface area contributed by atoms with Crippen LogP contribution in [0.1, 0.15) is 58.1 Å². The van der Waals surface area contributed by atoms with Gasteiger partial charge in [0.05, 0.1) is 22.1 Å². The zero-order valence-corrected chi connectivity index (χ0v) is 30.5. The van der Waals surface area contributed by atoms with Gasteiger partial charge in [-0.3, -0.25) is 10.1 Å². The van der Waals surface area contributed by atoms with Gasteiger partial charge in [-0.15, -0.1) is 0 Å². The van der Waals surface area contributed by atoms with Crippen LogP contribution in [-0.4, -0.2) is 63.3 Å². The van der Waals surface area contributed by atoms with Crippen molar-refractivity contribution in [1.82, 2.24) is 14.5 Å². The molecule has 12 nitrogen and oxygen atoms in total. The molecule has 1 aliphatic rings. The number of nitrogens with zero attached hydrogens (tertiary/aromatic N) is 3. The highest BCUT2D eigenvalue weighted by atomic mass is 127. The van der Waals surface area contributed by atoms with E-state index < -0.39 is 47.9 Å². The summed E-state index contributed by atoms with van der Waals surface area (Å²) >= 11 is 8.71. The molecule has 262 valence electrons. The fourth-order valence-electron chi connectivity index (χ4n) is 5.28. The summed E-state index contributed by atoms with van der Waals surface area (Å²) in [6.07, 6.45) is -3.19. The lowest BCUT2D eigenvalue weighted by Crippen LogP contribution is -2.41. The summed E-state index contributed by atoms with van der Waals surface area (Å²) in [5.74, 6) is -2.46. The fourth-order valence-corrected chi connectivity index (χ4v) is 6.50. The lowest BCUT2D eigenvalue weighted by atomic mass is 9.96. The molecule has 14 heteroatoms. The molecule has 0 saturated carbocycles. The smallest absolute Gasteiger partial charge is 0.338 e. The highest BCUT2D eigenvalue weighted by Gasteiger charge is 2.52. The molecule has 0 radical (unpaired) electrons. The van der Waals surface area contributed by atoms with Crippen LogP contribution in [0.25, 0.3) is 11.0 Å². The van der Waals surface area contributed by atoms with E-state index in [-0.39, 0.29) is 40.4 Å². The minimum absolute atomic E-state index is 0.0561. The molecular formula is C37H32ClIN4O8. The van der Waals surface area contributed by atoms with Gasteiger partial charge in [-0.25, -0.2) is 14.4 Å². The van der Waals surface area contributed by atoms with Gasteiger partial charge in [0.25, 0.3) is 0 Å². The minimum Gasteiger partial charge on any atom is -0.459 e. The third kappa shape index (κ3) is 8.05. The molecule has 0 unspecified atom stereocenters. The van der Waals surface area contributed by atoms with Crippen LogP contribution in [0.2, 0.25) is 5.15 Å². The number of nitrogens with one attached hydrogen (secondary N) is 1. The maximum Gasteiger partial charge on any atom is 0.338 e. The van der Waals surface area contributed by atoms with Crippen molar-refractivity contribution in [2.75, 3.05) is 11.9 Å². The first-order chi connectivity index (χ1) is 24.4. The van der Waals surface area contributed by atoms with E-state index in [0.29, 0.717) is 14.5 Å². The number of carbonyl (C=O) groups excluding carboxylic acids is 4. The van der Waals surface area contributed by atoms with Crippen LogP contribution in [0.3, 0.4) is 0 Å². The Morgan fingerprint density at radius 2 is 1.31 bits per heavy atom. The van der Waals surface area contributed by atoms with Gasteiger partial charge in [-0.1, -0.05) is 87.0 Å². The van der Waals surface area contributed by atoms with Crippen molar-refractivity contribution in [1.29, 1.82) is 0 Å². The van der Waals surface area contributed by atoms with Crippen molar-refractivity contribution in [2.45, 2.75) is 45.3 Å². The Morgan fingerprint density at radius 3 is 1.84 bits per heavy atom. The fraction of sp³-hybridized carbons (Fsp3) is 0.243. The van der Waals surface area contributed by atoms with E-state index in [4.69, 9.17) is 30.5 Å². The Kier molecular flexibility index (Phi) is 10.7. The van der Waals surface area contributed by atoms with Crippen LogP contribution in [-0.2, 0) is 23.7 Å². The number of fused-ring (bicyclic) bond motifs is 1. The van der Waals surface area contributed by atoms with E-state index in [1.165, 1.54) is 0 Å². The van der Waals surface area contributed by atoms with E-state index in [1.54, 1.807) is 123 Å². The number of benzene rings is 3. The summed E-state index contributed by atoms with van der Waals surface area (Å²) in [6.45, 7) is 4.87. The molecule has 1 amide bonds. The van der Waals surface area contributed by atoms with Crippen molar-refractivity contribution in [3.63, 3.8) is 0 Å². The predicted molar refractivity (Wildman–Crippen MR) is 195 cm³/mol. The molecule has 0 aliphatic carbocycles. The SMILES string of the molecule is CC(C)(C)C(=O)Nc1nc(Cl)c2c(I)cn([C@@H]3O[C@H](COC(=O)c4ccccc4)[C@@H](OC(=O)c4ccccc4)[C@H]3OC(=O)c3ccccc3)c2n1. The van der Waals surface area contributed by atoms with Gasteiger partial charge in [0.15, 0.2) is 18.4 Å². The highest BCUT2D eigenvalue weighted by molar-refractivity contribution is 14.1. The molecule has 4 atom stereocenters. The van der Waals surface area contributed by atoms with Crippen LogP contribution in [0.5, 0.6) is 0 Å². The first-order valence-electron chi connectivity index (χ1n) is 15.9. The van der Waals surface area contributed by atoms with Gasteiger partial charge >= 0.3 is 17.9 Å². The summed E-state index contributed by atoms with van der Waals surface area (Å²) in [7, 11) is 0. The molecule has 3 heterocycles. The van der Waals surface area contributed by atoms with Crippen molar-refractivity contribution in [3.8, 4) is 0 Å². The monoisotopic (exact) mass is 822 g/mol. The lowest BCUT2D eigenvalue weighted by molar-refractivity contribution is -0.123. The maximum absolute atomic E-state index is 13.6. The Bertz CT molecular complexity index is 2070. The molecule has 0 bridgehead atoms. The largest absolute Gasteiger partial charge is 0.459 e. The van der Waals surface area contributed by atoms with Crippen LogP contribution in [0.15, 0.2) is 97.2 Å². The average Bonchev–Trinajstić information content (AvgIpc) is 3.63. The normalized spacial score (nSPS) is 18.6. The summed E-state index contributed by atoms with van der Waals surface area (Å²) in [4.78, 5) is 61.9. The zero-order chi connectivity index (χ0) is 36.3. The molecule has 0 spiro atoms. The average molecular weight is 823 g/mol. The second-order valence-electron chi connectivity index (χ2n) is 12.6. The van der Waals surface area contributed by atoms with Crippen LogP contribution in [0.4, 0.5) is 5.95 Å². The molecule has 2 aromatic heterocycles. The topological polar surface area (TPSA) is 148 Å². The van der Waals surface area contributed by atoms with Crippen molar-refractivity contribution in [3.05, 3.63) is 123 Å². The summed E-state index contributed by atoms with van der Waals surface area (Å²) in [5.41, 5.74) is 0.275. The van der Waals surface area contributed by atoms with E-state index in [0.717, 1.165) is 0 Å². The summed E-state index contributed by atoms with van der Waals surface area (Å²) in [6, 6.07) is 25.0. The Morgan fingerprint density at radius 1 is 0.804 bits per heavy atom. The quantitative estimate of drug-likeness (QED) is 0.0723. The Hall–Kier alpha value is -4.86. The first-order valence-corrected chi connectivity index (χ1v) is 17.3. The number of anilines is 1. The molecular weight excluding hydrogens is 791 g/mol. The van der Waals surface area contributed by atoms with Gasteiger partial charge in [-0.05, 0) is 59.0 Å². The number of amides is 1. The maximum atomic E-state index is 13.6. The van der Waals surface area contributed by atoms with Crippen LogP contribution >= 0.6 is 34.2 Å². The molecule has 1 saturated heterocycles. The molecule has 1 aliphatic heterocycles. The highest BCUT2D eigenvalue weighted by Crippen LogP contribution is 2.39. The van der Waals surface area contributed by atoms with Crippen LogP contribution < -0.4 is 5.32 Å². The molecule has 1 fully saturated rings. The standard InChI is InChI=1S/C37H32ClIN4O8/c1-37(2,3)35(47)42-36-40-29(38)26-24(39)19-43(30(26)41-36)31-28(51-34(46)23-17-11-6-12-18-23)27(50-33(45)22-15-9-5-10-16-22)25(49-31)20-48-32(44)21-13-7-4-8-14-21/h4-19,25,27-28,31H,20H2,1-3H3,(H,40,41,42,47)/t25-,27-,28-,31-/m1/s1. The number of aromatic nitrogens is 3. The van der Waals surface area contributed by atoms with Crippen molar-refractivity contribution in [2.24, 2.45) is 5.41 Å². The number of halogens is 2. The number of carbonyl (C=O) groups is 4. The van der Waals surface area contributed by atoms with Gasteiger partial charge in [0.2, 0.25) is 11.9 Å². The Balaban J connectivity index is 1.43. The van der Waals surface area contributed by atoms with E-state index in [9.17, 15) is 19.2 Å². The second-order valence-corrected chi connectivity index (χ2v) is 14.1. The summed E-state index contributed by atoms with van der Waals surface area (Å²) in [5, 5.41) is 3.21. The van der Waals surface area contributed by atoms with Gasteiger partial charge in [0, 0.05) is 15.2 Å². The van der Waals surface area contributed by atoms with Crippen molar-refractivity contribution < 1.29 is 38.1 Å².